The lowest BCUT2D eigenvalue weighted by Gasteiger charge is -2.35. The topological polar surface area (TPSA) is 101 Å². The molecule has 0 spiro atoms. The highest BCUT2D eigenvalue weighted by atomic mass is 35.5. The van der Waals surface area contributed by atoms with E-state index in [1.807, 2.05) is 29.2 Å². The second kappa shape index (κ2) is 12.6. The lowest BCUT2D eigenvalue weighted by molar-refractivity contribution is -0.143. The number of benzene rings is 2. The number of carboxylic acids is 1. The standard InChI is InChI=1S/C26H32ClN3O5S/c1-2-26(36,25(34)35)24(33)30(17-18-31)22-9-5-20(6-10-22)23(32)29-15-13-28(14-16-29)12-11-19-3-7-21(27)8-4-19/h3-10,31,36H,2,11-18H2,1H3,(H,34,35). The molecule has 0 aromatic heterocycles. The van der Waals surface area contributed by atoms with Crippen LogP contribution in [0.15, 0.2) is 48.5 Å². The van der Waals surface area contributed by atoms with E-state index in [1.165, 1.54) is 10.5 Å². The zero-order valence-electron chi connectivity index (χ0n) is 20.3. The first-order valence-electron chi connectivity index (χ1n) is 11.9. The molecule has 1 aliphatic rings. The number of thiol groups is 1. The Balaban J connectivity index is 1.59. The molecule has 0 bridgehead atoms. The number of aliphatic hydroxyl groups excluding tert-OH is 1. The van der Waals surface area contributed by atoms with Gasteiger partial charge in [0.05, 0.1) is 6.61 Å². The first-order chi connectivity index (χ1) is 17.2. The van der Waals surface area contributed by atoms with E-state index in [2.05, 4.69) is 17.5 Å². The van der Waals surface area contributed by atoms with Crippen molar-refractivity contribution in [2.24, 2.45) is 0 Å². The van der Waals surface area contributed by atoms with Gasteiger partial charge in [-0.25, -0.2) is 0 Å². The molecule has 1 fully saturated rings. The molecule has 36 heavy (non-hydrogen) atoms. The molecule has 1 unspecified atom stereocenters. The number of amides is 2. The second-order valence-electron chi connectivity index (χ2n) is 8.76. The van der Waals surface area contributed by atoms with E-state index in [9.17, 15) is 24.6 Å². The van der Waals surface area contributed by atoms with Crippen LogP contribution in [-0.4, -0.2) is 88.4 Å². The molecule has 0 saturated carbocycles. The minimum Gasteiger partial charge on any atom is -0.480 e. The summed E-state index contributed by atoms with van der Waals surface area (Å²) in [6.45, 7) is 4.85. The van der Waals surface area contributed by atoms with Crippen LogP contribution in [0, 0.1) is 0 Å². The van der Waals surface area contributed by atoms with Gasteiger partial charge in [-0.1, -0.05) is 30.7 Å². The summed E-state index contributed by atoms with van der Waals surface area (Å²) in [6, 6.07) is 14.3. The Morgan fingerprint density at radius 1 is 1.03 bits per heavy atom. The average Bonchev–Trinajstić information content (AvgIpc) is 2.90. The summed E-state index contributed by atoms with van der Waals surface area (Å²) < 4.78 is -1.91. The van der Waals surface area contributed by atoms with Crippen LogP contribution in [0.5, 0.6) is 0 Å². The lowest BCUT2D eigenvalue weighted by atomic mass is 10.0. The van der Waals surface area contributed by atoms with Crippen molar-refractivity contribution >= 4 is 47.7 Å². The Labute approximate surface area is 221 Å². The van der Waals surface area contributed by atoms with Gasteiger partial charge in [0, 0.05) is 55.5 Å². The van der Waals surface area contributed by atoms with Crippen LogP contribution in [0.1, 0.15) is 29.3 Å². The van der Waals surface area contributed by atoms with E-state index in [0.29, 0.717) is 24.3 Å². The summed E-state index contributed by atoms with van der Waals surface area (Å²) in [6.07, 6.45) is 0.900. The lowest BCUT2D eigenvalue weighted by Crippen LogP contribution is -2.51. The van der Waals surface area contributed by atoms with Gasteiger partial charge >= 0.3 is 5.97 Å². The first-order valence-corrected chi connectivity index (χ1v) is 12.8. The highest BCUT2D eigenvalue weighted by Gasteiger charge is 2.44. The van der Waals surface area contributed by atoms with Crippen LogP contribution in [0.3, 0.4) is 0 Å². The highest BCUT2D eigenvalue weighted by molar-refractivity contribution is 7.83. The number of carbonyl (C=O) groups is 3. The van der Waals surface area contributed by atoms with Gasteiger partial charge in [-0.3, -0.25) is 19.3 Å². The Bertz CT molecular complexity index is 1060. The normalized spacial score (nSPS) is 15.8. The fraction of sp³-hybridized carbons (Fsp3) is 0.423. The van der Waals surface area contributed by atoms with Crippen molar-refractivity contribution in [3.05, 3.63) is 64.7 Å². The van der Waals surface area contributed by atoms with Gasteiger partial charge in [0.15, 0.2) is 4.75 Å². The Kier molecular flexibility index (Phi) is 9.78. The first kappa shape index (κ1) is 28.0. The summed E-state index contributed by atoms with van der Waals surface area (Å²) in [7, 11) is 0. The molecule has 8 nitrogen and oxygen atoms in total. The maximum Gasteiger partial charge on any atom is 0.329 e. The molecule has 2 aromatic rings. The van der Waals surface area contributed by atoms with Crippen molar-refractivity contribution in [3.8, 4) is 0 Å². The minimum absolute atomic E-state index is 0.0194. The number of piperazine rings is 1. The predicted octanol–water partition coefficient (Wildman–Crippen LogP) is 2.83. The number of aliphatic carboxylic acids is 1. The molecule has 3 rings (SSSR count). The van der Waals surface area contributed by atoms with Gasteiger partial charge in [0.1, 0.15) is 0 Å². The van der Waals surface area contributed by atoms with Crippen LogP contribution in [0.4, 0.5) is 5.69 Å². The van der Waals surface area contributed by atoms with Crippen LogP contribution >= 0.6 is 24.2 Å². The molecule has 1 heterocycles. The molecule has 194 valence electrons. The molecule has 0 aliphatic carbocycles. The average molecular weight is 534 g/mol. The highest BCUT2D eigenvalue weighted by Crippen LogP contribution is 2.27. The summed E-state index contributed by atoms with van der Waals surface area (Å²) in [5.74, 6) is -2.18. The number of rotatable bonds is 10. The SMILES string of the molecule is CCC(S)(C(=O)O)C(=O)N(CCO)c1ccc(C(=O)N2CCN(CCc3ccc(Cl)cc3)CC2)cc1. The number of aliphatic hydroxyl groups is 1. The third-order valence-electron chi connectivity index (χ3n) is 6.50. The second-order valence-corrected chi connectivity index (χ2v) is 9.96. The summed E-state index contributed by atoms with van der Waals surface area (Å²) >= 11 is 10.1. The van der Waals surface area contributed by atoms with Crippen molar-refractivity contribution < 1.29 is 24.6 Å². The largest absolute Gasteiger partial charge is 0.480 e. The van der Waals surface area contributed by atoms with Gasteiger partial charge in [-0.15, -0.1) is 0 Å². The predicted molar refractivity (Wildman–Crippen MR) is 143 cm³/mol. The molecule has 2 amide bonds. The van der Waals surface area contributed by atoms with Gasteiger partial charge in [0.2, 0.25) is 0 Å². The maximum absolute atomic E-state index is 13.0. The molecule has 2 aromatic carbocycles. The number of hydrogen-bond donors (Lipinski definition) is 3. The third-order valence-corrected chi connectivity index (χ3v) is 7.45. The number of anilines is 1. The van der Waals surface area contributed by atoms with Crippen molar-refractivity contribution in [3.63, 3.8) is 0 Å². The zero-order chi connectivity index (χ0) is 26.3. The fourth-order valence-corrected chi connectivity index (χ4v) is 4.39. The fourth-order valence-electron chi connectivity index (χ4n) is 4.14. The van der Waals surface area contributed by atoms with E-state index in [-0.39, 0.29) is 25.5 Å². The number of carboxylic acid groups (broad SMARTS) is 1. The Morgan fingerprint density at radius 2 is 1.64 bits per heavy atom. The quantitative estimate of drug-likeness (QED) is 0.321. The van der Waals surface area contributed by atoms with Gasteiger partial charge in [0.25, 0.3) is 11.8 Å². The molecular formula is C26H32ClN3O5S. The number of halogens is 1. The third kappa shape index (κ3) is 6.59. The minimum atomic E-state index is -1.91. The van der Waals surface area contributed by atoms with Crippen molar-refractivity contribution in [2.45, 2.75) is 24.5 Å². The molecule has 1 atom stereocenters. The van der Waals surface area contributed by atoms with E-state index < -0.39 is 16.6 Å². The smallest absolute Gasteiger partial charge is 0.329 e. The maximum atomic E-state index is 13.0. The molecule has 1 saturated heterocycles. The van der Waals surface area contributed by atoms with Crippen LogP contribution in [0.25, 0.3) is 0 Å². The number of hydrogen-bond acceptors (Lipinski definition) is 6. The zero-order valence-corrected chi connectivity index (χ0v) is 21.9. The van der Waals surface area contributed by atoms with Crippen molar-refractivity contribution in [1.29, 1.82) is 0 Å². The van der Waals surface area contributed by atoms with Crippen LogP contribution in [-0.2, 0) is 16.0 Å². The van der Waals surface area contributed by atoms with Crippen LogP contribution < -0.4 is 4.90 Å². The van der Waals surface area contributed by atoms with Gasteiger partial charge in [-0.2, -0.15) is 12.6 Å². The van der Waals surface area contributed by atoms with E-state index >= 15 is 0 Å². The van der Waals surface area contributed by atoms with Crippen LogP contribution in [0.2, 0.25) is 5.02 Å². The molecule has 1 aliphatic heterocycles. The Hall–Kier alpha value is -2.59. The van der Waals surface area contributed by atoms with Crippen molar-refractivity contribution in [1.82, 2.24) is 9.80 Å². The molecule has 0 radical (unpaired) electrons. The number of nitrogens with zero attached hydrogens (tertiary/aromatic N) is 3. The van der Waals surface area contributed by atoms with E-state index in [0.717, 1.165) is 31.1 Å². The summed E-state index contributed by atoms with van der Waals surface area (Å²) in [5, 5.41) is 19.7. The Morgan fingerprint density at radius 3 is 2.17 bits per heavy atom. The monoisotopic (exact) mass is 533 g/mol. The van der Waals surface area contributed by atoms with Gasteiger partial charge < -0.3 is 20.0 Å². The molecule has 10 heteroatoms. The van der Waals surface area contributed by atoms with Gasteiger partial charge in [-0.05, 0) is 54.8 Å². The molecule has 2 N–H and O–H groups in total. The molecular weight excluding hydrogens is 502 g/mol. The summed E-state index contributed by atoms with van der Waals surface area (Å²) in [4.78, 5) is 43.0. The van der Waals surface area contributed by atoms with Crippen molar-refractivity contribution in [2.75, 3.05) is 50.8 Å². The number of carbonyl (C=O) groups excluding carboxylic acids is 2. The van der Waals surface area contributed by atoms with E-state index in [4.69, 9.17) is 11.6 Å². The van der Waals surface area contributed by atoms with E-state index in [1.54, 1.807) is 31.2 Å². The summed E-state index contributed by atoms with van der Waals surface area (Å²) in [5.41, 5.74) is 2.10.